The predicted molar refractivity (Wildman–Crippen MR) is 205 cm³/mol. The summed E-state index contributed by atoms with van der Waals surface area (Å²) in [5.41, 5.74) is -0.156. The first-order valence-electron chi connectivity index (χ1n) is 17.2. The zero-order chi connectivity index (χ0) is 40.1. The van der Waals surface area contributed by atoms with Crippen molar-refractivity contribution in [2.45, 2.75) is 12.1 Å². The lowest BCUT2D eigenvalue weighted by atomic mass is 9.92. The van der Waals surface area contributed by atoms with Crippen LogP contribution >= 0.6 is 19.5 Å². The van der Waals surface area contributed by atoms with E-state index < -0.39 is 72.5 Å². The summed E-state index contributed by atoms with van der Waals surface area (Å²) < 4.78 is 120. The van der Waals surface area contributed by atoms with Crippen LogP contribution in [0, 0.1) is 46.5 Å². The van der Waals surface area contributed by atoms with Crippen molar-refractivity contribution in [1.82, 2.24) is 4.90 Å². The standard InChI is InChI=1S/C44H24ClF8N2OP/c45-28-7-8-40(57(37-19-33(50)17-34(51)20-37)38-21-35(52)18-36(53)22-38)39(14-28)43-54-41(26-10-29(46)15-30(47)11-26)42(27-12-31(48)16-32(49)13-27)55(43)44(56)25-6-5-23-3-1-2-4-24(23)9-25/h1-22,41-42H/t41-,42-/m1/s1. The van der Waals surface area contributed by atoms with Crippen molar-refractivity contribution >= 4 is 58.0 Å². The fourth-order valence-electron chi connectivity index (χ4n) is 7.15. The van der Waals surface area contributed by atoms with Gasteiger partial charge in [0.25, 0.3) is 5.91 Å². The first-order valence-corrected chi connectivity index (χ1v) is 18.9. The smallest absolute Gasteiger partial charge is 0.260 e. The van der Waals surface area contributed by atoms with Crippen molar-refractivity contribution in [3.8, 4) is 0 Å². The topological polar surface area (TPSA) is 32.7 Å². The molecule has 7 aromatic rings. The van der Waals surface area contributed by atoms with Crippen molar-refractivity contribution < 1.29 is 39.9 Å². The first-order chi connectivity index (χ1) is 27.3. The van der Waals surface area contributed by atoms with E-state index in [1.165, 1.54) is 24.3 Å². The van der Waals surface area contributed by atoms with Gasteiger partial charge in [0.05, 0.1) is 6.04 Å². The number of hydrogen-bond donors (Lipinski definition) is 0. The van der Waals surface area contributed by atoms with E-state index in [2.05, 4.69) is 0 Å². The molecule has 1 amide bonds. The van der Waals surface area contributed by atoms with E-state index in [0.29, 0.717) is 29.7 Å². The Kier molecular flexibility index (Phi) is 10.1. The summed E-state index contributed by atoms with van der Waals surface area (Å²) in [6, 6.07) is 23.7. The second kappa shape index (κ2) is 15.2. The van der Waals surface area contributed by atoms with Gasteiger partial charge in [-0.05, 0) is 119 Å². The van der Waals surface area contributed by atoms with Crippen LogP contribution in [0.15, 0.2) is 138 Å². The van der Waals surface area contributed by atoms with Crippen molar-refractivity contribution in [2.24, 2.45) is 4.99 Å². The van der Waals surface area contributed by atoms with Gasteiger partial charge in [-0.15, -0.1) is 0 Å². The minimum Gasteiger partial charge on any atom is -0.282 e. The molecule has 0 fully saturated rings. The number of aliphatic imine (C=N–C) groups is 1. The largest absolute Gasteiger partial charge is 0.282 e. The van der Waals surface area contributed by atoms with Crippen LogP contribution in [0.1, 0.15) is 39.1 Å². The van der Waals surface area contributed by atoms with Crippen LogP contribution in [0.2, 0.25) is 5.02 Å². The number of hydrogen-bond acceptors (Lipinski definition) is 2. The van der Waals surface area contributed by atoms with Gasteiger partial charge in [0.15, 0.2) is 0 Å². The fourth-order valence-corrected chi connectivity index (χ4v) is 9.81. The molecule has 1 aliphatic rings. The molecule has 8 rings (SSSR count). The molecule has 13 heteroatoms. The lowest BCUT2D eigenvalue weighted by Gasteiger charge is -2.31. The quantitative estimate of drug-likeness (QED) is 0.117. The molecule has 0 saturated carbocycles. The number of carbonyl (C=O) groups excluding carboxylic acids is 1. The van der Waals surface area contributed by atoms with Gasteiger partial charge in [0.2, 0.25) is 0 Å². The number of amides is 1. The zero-order valence-electron chi connectivity index (χ0n) is 29.0. The van der Waals surface area contributed by atoms with Crippen LogP contribution in [0.25, 0.3) is 10.8 Å². The molecule has 57 heavy (non-hydrogen) atoms. The highest BCUT2D eigenvalue weighted by atomic mass is 35.5. The Morgan fingerprint density at radius 3 is 1.58 bits per heavy atom. The van der Waals surface area contributed by atoms with E-state index >= 15 is 13.6 Å². The van der Waals surface area contributed by atoms with Gasteiger partial charge in [0, 0.05) is 40.4 Å². The third-order valence-corrected chi connectivity index (χ3v) is 12.0. The molecular weight excluding hydrogens is 791 g/mol. The van der Waals surface area contributed by atoms with Crippen LogP contribution in [-0.2, 0) is 0 Å². The normalized spacial score (nSPS) is 15.4. The average molecular weight is 815 g/mol. The summed E-state index contributed by atoms with van der Waals surface area (Å²) in [5.74, 6) is -8.99. The van der Waals surface area contributed by atoms with E-state index in [1.807, 2.05) is 6.07 Å². The number of rotatable bonds is 7. The number of nitrogens with zero attached hydrogens (tertiary/aromatic N) is 2. The molecule has 7 aromatic carbocycles. The lowest BCUT2D eigenvalue weighted by molar-refractivity contribution is 0.0804. The second-order valence-electron chi connectivity index (χ2n) is 13.2. The molecule has 1 aliphatic heterocycles. The summed E-state index contributed by atoms with van der Waals surface area (Å²) in [6.45, 7) is 0. The highest BCUT2D eigenvalue weighted by molar-refractivity contribution is 7.80. The lowest BCUT2D eigenvalue weighted by Crippen LogP contribution is -2.40. The number of fused-ring (bicyclic) bond motifs is 1. The van der Waals surface area contributed by atoms with Gasteiger partial charge in [-0.1, -0.05) is 48.0 Å². The zero-order valence-corrected chi connectivity index (χ0v) is 30.7. The van der Waals surface area contributed by atoms with E-state index in [1.54, 1.807) is 30.3 Å². The molecule has 0 spiro atoms. The molecule has 0 saturated heterocycles. The molecule has 0 aliphatic carbocycles. The van der Waals surface area contributed by atoms with E-state index in [4.69, 9.17) is 16.6 Å². The minimum atomic E-state index is -2.31. The second-order valence-corrected chi connectivity index (χ2v) is 15.9. The van der Waals surface area contributed by atoms with E-state index in [9.17, 15) is 26.3 Å². The van der Waals surface area contributed by atoms with Crippen molar-refractivity contribution in [3.63, 3.8) is 0 Å². The summed E-state index contributed by atoms with van der Waals surface area (Å²) in [7, 11) is -2.31. The summed E-state index contributed by atoms with van der Waals surface area (Å²) in [6.07, 6.45) is 0. The Morgan fingerprint density at radius 1 is 0.544 bits per heavy atom. The third-order valence-electron chi connectivity index (χ3n) is 9.39. The number of carbonyl (C=O) groups is 1. The van der Waals surface area contributed by atoms with Crippen LogP contribution in [0.5, 0.6) is 0 Å². The Hall–Kier alpha value is -5.90. The molecule has 3 nitrogen and oxygen atoms in total. The Labute approximate surface area is 326 Å². The molecule has 0 N–H and O–H groups in total. The molecule has 0 unspecified atom stereocenters. The molecular formula is C44H24ClF8N2OP. The first kappa shape index (κ1) is 38.0. The predicted octanol–water partition coefficient (Wildman–Crippen LogP) is 10.7. The third kappa shape index (κ3) is 7.65. The summed E-state index contributed by atoms with van der Waals surface area (Å²) in [5, 5.41) is 1.59. The highest BCUT2D eigenvalue weighted by Crippen LogP contribution is 2.46. The molecule has 0 radical (unpaired) electrons. The van der Waals surface area contributed by atoms with E-state index in [-0.39, 0.29) is 49.0 Å². The SMILES string of the molecule is O=C(c1ccc2ccccc2c1)N1C(c2cc(Cl)ccc2P(c2cc(F)cc(F)c2)c2cc(F)cc(F)c2)=N[C@H](c2cc(F)cc(F)c2)[C@H]1c1cc(F)cc(F)c1. The number of benzene rings is 7. The van der Waals surface area contributed by atoms with Crippen LogP contribution in [0.4, 0.5) is 35.1 Å². The van der Waals surface area contributed by atoms with Gasteiger partial charge in [-0.3, -0.25) is 14.7 Å². The molecule has 2 atom stereocenters. The Morgan fingerprint density at radius 2 is 1.04 bits per heavy atom. The van der Waals surface area contributed by atoms with Gasteiger partial charge < -0.3 is 0 Å². The molecule has 284 valence electrons. The van der Waals surface area contributed by atoms with Gasteiger partial charge in [-0.2, -0.15) is 0 Å². The maximum Gasteiger partial charge on any atom is 0.260 e. The van der Waals surface area contributed by atoms with Gasteiger partial charge >= 0.3 is 0 Å². The molecule has 1 heterocycles. The van der Waals surface area contributed by atoms with Crippen molar-refractivity contribution in [3.05, 3.63) is 207 Å². The van der Waals surface area contributed by atoms with Crippen LogP contribution in [0.3, 0.4) is 0 Å². The maximum absolute atomic E-state index is 15.1. The van der Waals surface area contributed by atoms with Crippen LogP contribution < -0.4 is 15.9 Å². The highest BCUT2D eigenvalue weighted by Gasteiger charge is 2.44. The van der Waals surface area contributed by atoms with Crippen molar-refractivity contribution in [1.29, 1.82) is 0 Å². The average Bonchev–Trinajstić information content (AvgIpc) is 3.54. The minimum absolute atomic E-state index is 0.0124. The van der Waals surface area contributed by atoms with E-state index in [0.717, 1.165) is 58.8 Å². The van der Waals surface area contributed by atoms with Crippen LogP contribution in [-0.4, -0.2) is 16.6 Å². The van der Waals surface area contributed by atoms with Crippen molar-refractivity contribution in [2.75, 3.05) is 0 Å². The summed E-state index contributed by atoms with van der Waals surface area (Å²) >= 11 is 6.60. The molecule has 0 bridgehead atoms. The monoisotopic (exact) mass is 814 g/mol. The Bertz CT molecular complexity index is 2650. The summed E-state index contributed by atoms with van der Waals surface area (Å²) in [4.78, 5) is 21.1. The maximum atomic E-state index is 15.1. The molecule has 0 aromatic heterocycles. The fraction of sp³-hybridized carbons (Fsp3) is 0.0455. The van der Waals surface area contributed by atoms with Gasteiger partial charge in [0.1, 0.15) is 58.4 Å². The van der Waals surface area contributed by atoms with Gasteiger partial charge in [-0.25, -0.2) is 35.1 Å². The number of halogens is 9. The Balaban J connectivity index is 1.44. The number of amidine groups is 1.